The van der Waals surface area contributed by atoms with Crippen LogP contribution < -0.4 is 0 Å². The zero-order valence-electron chi connectivity index (χ0n) is 13.1. The van der Waals surface area contributed by atoms with E-state index in [2.05, 4.69) is 32.5 Å². The topological polar surface area (TPSA) is 74.2 Å². The summed E-state index contributed by atoms with van der Waals surface area (Å²) < 4.78 is 17.9. The maximum absolute atomic E-state index is 9.37. The molecule has 0 aromatic heterocycles. The zero-order chi connectivity index (χ0) is 15.9. The van der Waals surface area contributed by atoms with Gasteiger partial charge in [-0.3, -0.25) is 4.79 Å². The molecule has 0 saturated carbocycles. The molecule has 19 heavy (non-hydrogen) atoms. The Bertz CT molecular complexity index is 150. The van der Waals surface area contributed by atoms with Gasteiger partial charge in [0.15, 0.2) is 0 Å². The Balaban J connectivity index is -0.0000000347. The van der Waals surface area contributed by atoms with Crippen LogP contribution in [0.25, 0.3) is 0 Å². The van der Waals surface area contributed by atoms with Crippen LogP contribution in [0.3, 0.4) is 0 Å². The molecule has 0 unspecified atom stereocenters. The minimum absolute atomic E-state index is 0. The van der Waals surface area contributed by atoms with Gasteiger partial charge in [0.1, 0.15) is 13.6 Å². The molecule has 122 valence electrons. The number of methoxy groups -OCH3 is 4. The lowest BCUT2D eigenvalue weighted by Gasteiger charge is -1.87. The van der Waals surface area contributed by atoms with Gasteiger partial charge in [-0.05, 0) is 6.42 Å². The van der Waals surface area contributed by atoms with Crippen molar-refractivity contribution < 1.29 is 31.7 Å². The van der Waals surface area contributed by atoms with Crippen LogP contribution in [-0.4, -0.2) is 53.1 Å². The first kappa shape index (κ1) is 26.6. The van der Waals surface area contributed by atoms with Crippen molar-refractivity contribution in [1.29, 1.82) is 0 Å². The summed E-state index contributed by atoms with van der Waals surface area (Å²) in [6, 6.07) is 0. The molecular formula is C13H34O6. The predicted molar refractivity (Wildman–Crippen MR) is 80.4 cm³/mol. The van der Waals surface area contributed by atoms with Crippen LogP contribution in [0.1, 0.15) is 29.5 Å². The monoisotopic (exact) mass is 290 g/mol. The number of rotatable bonds is 6. The normalized spacial score (nSPS) is 7.68. The fourth-order valence-electron chi connectivity index (χ4n) is 0.236. The van der Waals surface area contributed by atoms with Crippen LogP contribution in [0, 0.1) is 0 Å². The average Bonchev–Trinajstić information content (AvgIpc) is 2.42. The largest absolute Gasteiger partial charge is 0.481 e. The van der Waals surface area contributed by atoms with Gasteiger partial charge in [0, 0.05) is 37.7 Å². The molecule has 0 aliphatic carbocycles. The van der Waals surface area contributed by atoms with Crippen LogP contribution in [0.5, 0.6) is 0 Å². The maximum atomic E-state index is 9.37. The van der Waals surface area contributed by atoms with Crippen molar-refractivity contribution in [2.75, 3.05) is 42.0 Å². The molecule has 0 aliphatic rings. The number of allylic oxidation sites excluding steroid dienone is 1. The summed E-state index contributed by atoms with van der Waals surface area (Å²) in [4.78, 5) is 9.37. The van der Waals surface area contributed by atoms with Crippen LogP contribution >= 0.6 is 0 Å². The summed E-state index contributed by atoms with van der Waals surface area (Å²) in [6.07, 6.45) is 3.18. The van der Waals surface area contributed by atoms with Crippen LogP contribution in [0.15, 0.2) is 12.7 Å². The van der Waals surface area contributed by atoms with E-state index < -0.39 is 5.97 Å². The molecule has 6 heteroatoms. The van der Waals surface area contributed by atoms with E-state index in [4.69, 9.17) is 5.11 Å². The van der Waals surface area contributed by atoms with Gasteiger partial charge in [-0.2, -0.15) is 0 Å². The van der Waals surface area contributed by atoms with E-state index in [1.165, 1.54) is 0 Å². The second-order valence-corrected chi connectivity index (χ2v) is 2.83. The molecular weight excluding hydrogens is 252 g/mol. The van der Waals surface area contributed by atoms with Crippen molar-refractivity contribution in [2.24, 2.45) is 0 Å². The van der Waals surface area contributed by atoms with Crippen LogP contribution in [-0.2, 0) is 23.7 Å². The second kappa shape index (κ2) is 36.0. The summed E-state index contributed by atoms with van der Waals surface area (Å²) in [7, 11) is 6.35. The fourth-order valence-corrected chi connectivity index (χ4v) is 0.236. The maximum Gasteiger partial charge on any atom is 0.303 e. The highest BCUT2D eigenvalue weighted by Crippen LogP contribution is 1.67. The van der Waals surface area contributed by atoms with E-state index in [0.717, 1.165) is 6.42 Å². The van der Waals surface area contributed by atoms with E-state index in [9.17, 15) is 4.79 Å². The zero-order valence-corrected chi connectivity index (χ0v) is 13.1. The van der Waals surface area contributed by atoms with Gasteiger partial charge in [0.2, 0.25) is 0 Å². The molecule has 0 amide bonds. The lowest BCUT2D eigenvalue weighted by atomic mass is 10.5. The van der Waals surface area contributed by atoms with Crippen molar-refractivity contribution in [3.05, 3.63) is 12.7 Å². The van der Waals surface area contributed by atoms with E-state index in [0.29, 0.717) is 13.6 Å². The number of carbonyl (C=O) groups is 1. The standard InChI is InChI=1S/C4H8.2C3H8O2.C3H6O2.2H2/c1-3-4-2;2*1-4-3-5-2;1-2-3(4)5;;/h3H,1,4H2,2H3;2*3H2,1-2H3;2H2,1H3,(H,4,5);2*1H/i;;;;2*1+2. The number of carboxylic acids is 1. The van der Waals surface area contributed by atoms with E-state index >= 15 is 0 Å². The number of ether oxygens (including phenoxy) is 4. The van der Waals surface area contributed by atoms with Crippen LogP contribution in [0.2, 0.25) is 0 Å². The smallest absolute Gasteiger partial charge is 0.303 e. The number of carboxylic acid groups (broad SMARTS) is 1. The number of hydrogen-bond acceptors (Lipinski definition) is 5. The summed E-state index contributed by atoms with van der Waals surface area (Å²) in [5.41, 5.74) is 0. The van der Waals surface area contributed by atoms with Gasteiger partial charge in [-0.15, -0.1) is 6.58 Å². The molecule has 0 bridgehead atoms. The van der Waals surface area contributed by atoms with Gasteiger partial charge in [0.05, 0.1) is 0 Å². The van der Waals surface area contributed by atoms with Gasteiger partial charge in [-0.1, -0.05) is 19.9 Å². The average molecular weight is 290 g/mol. The van der Waals surface area contributed by atoms with Gasteiger partial charge in [-0.25, -0.2) is 0 Å². The molecule has 0 aromatic carbocycles. The predicted octanol–water partition coefficient (Wildman–Crippen LogP) is 3.03. The lowest BCUT2D eigenvalue weighted by Crippen LogP contribution is -1.87. The molecule has 1 N–H and O–H groups in total. The summed E-state index contributed by atoms with van der Waals surface area (Å²) in [5.74, 6) is -0.745. The molecule has 0 fully saturated rings. The Morgan fingerprint density at radius 1 is 1.05 bits per heavy atom. The van der Waals surface area contributed by atoms with E-state index in [1.54, 1.807) is 35.4 Å². The Morgan fingerprint density at radius 3 is 1.26 bits per heavy atom. The third-order valence-corrected chi connectivity index (χ3v) is 1.06. The highest BCUT2D eigenvalue weighted by atomic mass is 16.7. The molecule has 0 saturated heterocycles. The minimum atomic E-state index is -0.745. The van der Waals surface area contributed by atoms with Crippen molar-refractivity contribution in [1.82, 2.24) is 0 Å². The van der Waals surface area contributed by atoms with Crippen molar-refractivity contribution >= 4 is 5.97 Å². The molecule has 0 aromatic rings. The molecule has 0 spiro atoms. The second-order valence-electron chi connectivity index (χ2n) is 2.83. The molecule has 0 radical (unpaired) electrons. The number of aliphatic carboxylic acids is 1. The first-order valence-corrected chi connectivity index (χ1v) is 5.80. The Morgan fingerprint density at radius 2 is 1.26 bits per heavy atom. The third kappa shape index (κ3) is 106. The Labute approximate surface area is 120 Å². The molecule has 0 heterocycles. The Hall–Kier alpha value is -0.950. The molecule has 0 rings (SSSR count). The molecule has 0 atom stereocenters. The highest BCUT2D eigenvalue weighted by molar-refractivity contribution is 5.66. The Kier molecular flexibility index (Phi) is 50.3. The third-order valence-electron chi connectivity index (χ3n) is 1.06. The minimum Gasteiger partial charge on any atom is -0.481 e. The summed E-state index contributed by atoms with van der Waals surface area (Å²) in [5, 5.41) is 7.72. The van der Waals surface area contributed by atoms with Crippen molar-refractivity contribution in [3.8, 4) is 0 Å². The molecule has 6 nitrogen and oxygen atoms in total. The summed E-state index contributed by atoms with van der Waals surface area (Å²) in [6.45, 7) is 7.92. The SMILES string of the molecule is C=CCC.CCC(=O)O.COCOC.COCOC.[3HH].[3HH]. The van der Waals surface area contributed by atoms with E-state index in [1.807, 2.05) is 6.08 Å². The number of hydrogen-bond donors (Lipinski definition) is 1. The van der Waals surface area contributed by atoms with Gasteiger partial charge in [0.25, 0.3) is 0 Å². The van der Waals surface area contributed by atoms with Crippen molar-refractivity contribution in [2.45, 2.75) is 26.7 Å². The van der Waals surface area contributed by atoms with Crippen molar-refractivity contribution in [3.63, 3.8) is 0 Å². The molecule has 0 aliphatic heterocycles. The first-order chi connectivity index (χ1) is 9.01. The van der Waals surface area contributed by atoms with E-state index in [-0.39, 0.29) is 9.27 Å². The van der Waals surface area contributed by atoms with Gasteiger partial charge >= 0.3 is 5.97 Å². The highest BCUT2D eigenvalue weighted by Gasteiger charge is 1.80. The first-order valence-electron chi connectivity index (χ1n) is 5.80. The quantitative estimate of drug-likeness (QED) is 0.598. The fraction of sp³-hybridized carbons (Fsp3) is 0.769. The lowest BCUT2D eigenvalue weighted by molar-refractivity contribution is -0.136. The van der Waals surface area contributed by atoms with Gasteiger partial charge < -0.3 is 24.1 Å². The van der Waals surface area contributed by atoms with Crippen LogP contribution in [0.4, 0.5) is 0 Å². The summed E-state index contributed by atoms with van der Waals surface area (Å²) >= 11 is 0.